The number of aromatic nitrogens is 1. The molecule has 88 valence electrons. The number of carbonyl (C=O) groups is 1. The van der Waals surface area contributed by atoms with Crippen LogP contribution in [-0.2, 0) is 10.3 Å². The van der Waals surface area contributed by atoms with Crippen LogP contribution in [-0.4, -0.2) is 22.7 Å². The Morgan fingerprint density at radius 1 is 1.56 bits per heavy atom. The van der Waals surface area contributed by atoms with Gasteiger partial charge >= 0.3 is 12.6 Å². The standard InChI is InChI=1S/C10H11F2NO3/c1-10(2,16-9(11)12)6-3-4-13-7(5-6)8(14)15/h3-5,9H,1-2H3,(H,14,15). The van der Waals surface area contributed by atoms with Gasteiger partial charge in [-0.05, 0) is 31.5 Å². The Balaban J connectivity index is 3.03. The van der Waals surface area contributed by atoms with Crippen LogP contribution in [0, 0.1) is 0 Å². The Bertz CT molecular complexity index is 393. The first-order valence-electron chi connectivity index (χ1n) is 4.49. The van der Waals surface area contributed by atoms with E-state index in [9.17, 15) is 13.6 Å². The van der Waals surface area contributed by atoms with E-state index in [1.54, 1.807) is 0 Å². The topological polar surface area (TPSA) is 59.4 Å². The van der Waals surface area contributed by atoms with E-state index in [1.165, 1.54) is 32.2 Å². The van der Waals surface area contributed by atoms with Gasteiger partial charge in [-0.1, -0.05) is 0 Å². The monoisotopic (exact) mass is 231 g/mol. The number of rotatable bonds is 4. The maximum Gasteiger partial charge on any atom is 0.354 e. The van der Waals surface area contributed by atoms with Gasteiger partial charge in [0.1, 0.15) is 5.69 Å². The van der Waals surface area contributed by atoms with E-state index < -0.39 is 18.2 Å². The second-order valence-corrected chi connectivity index (χ2v) is 3.62. The first-order chi connectivity index (χ1) is 7.33. The minimum absolute atomic E-state index is 0.205. The van der Waals surface area contributed by atoms with Gasteiger partial charge in [-0.25, -0.2) is 9.78 Å². The fraction of sp³-hybridized carbons (Fsp3) is 0.400. The molecule has 0 bridgehead atoms. The number of carboxylic acids is 1. The summed E-state index contributed by atoms with van der Waals surface area (Å²) >= 11 is 0. The van der Waals surface area contributed by atoms with E-state index >= 15 is 0 Å². The van der Waals surface area contributed by atoms with Crippen molar-refractivity contribution < 1.29 is 23.4 Å². The van der Waals surface area contributed by atoms with Gasteiger partial charge < -0.3 is 9.84 Å². The maximum absolute atomic E-state index is 12.1. The molecule has 1 heterocycles. The zero-order chi connectivity index (χ0) is 12.3. The van der Waals surface area contributed by atoms with E-state index in [0.29, 0.717) is 5.56 Å². The van der Waals surface area contributed by atoms with Crippen LogP contribution in [0.2, 0.25) is 0 Å². The molecule has 0 spiro atoms. The third-order valence-corrected chi connectivity index (χ3v) is 2.06. The van der Waals surface area contributed by atoms with Crippen molar-refractivity contribution in [2.24, 2.45) is 0 Å². The van der Waals surface area contributed by atoms with Crippen molar-refractivity contribution in [3.8, 4) is 0 Å². The molecule has 0 fully saturated rings. The molecule has 0 aliphatic heterocycles. The fourth-order valence-electron chi connectivity index (χ4n) is 1.21. The molecule has 1 aromatic heterocycles. The zero-order valence-electron chi connectivity index (χ0n) is 8.78. The lowest BCUT2D eigenvalue weighted by atomic mass is 9.98. The first kappa shape index (κ1) is 12.5. The Kier molecular flexibility index (Phi) is 3.54. The molecule has 16 heavy (non-hydrogen) atoms. The van der Waals surface area contributed by atoms with E-state index in [2.05, 4.69) is 9.72 Å². The van der Waals surface area contributed by atoms with Crippen molar-refractivity contribution in [2.75, 3.05) is 0 Å². The van der Waals surface area contributed by atoms with Gasteiger partial charge in [-0.3, -0.25) is 0 Å². The third-order valence-electron chi connectivity index (χ3n) is 2.06. The van der Waals surface area contributed by atoms with Crippen LogP contribution in [0.3, 0.4) is 0 Å². The van der Waals surface area contributed by atoms with Gasteiger partial charge in [0, 0.05) is 6.20 Å². The molecule has 0 amide bonds. The smallest absolute Gasteiger partial charge is 0.354 e. The van der Waals surface area contributed by atoms with Crippen LogP contribution in [0.5, 0.6) is 0 Å². The highest BCUT2D eigenvalue weighted by atomic mass is 19.3. The normalized spacial score (nSPS) is 11.8. The predicted molar refractivity (Wildman–Crippen MR) is 51.3 cm³/mol. The van der Waals surface area contributed by atoms with Crippen molar-refractivity contribution >= 4 is 5.97 Å². The predicted octanol–water partition coefficient (Wildman–Crippen LogP) is 2.25. The summed E-state index contributed by atoms with van der Waals surface area (Å²) in [7, 11) is 0. The second-order valence-electron chi connectivity index (χ2n) is 3.62. The Labute approximate surface area is 90.9 Å². The first-order valence-corrected chi connectivity index (χ1v) is 4.49. The number of hydrogen-bond donors (Lipinski definition) is 1. The molecule has 0 unspecified atom stereocenters. The van der Waals surface area contributed by atoms with E-state index in [1.807, 2.05) is 0 Å². The quantitative estimate of drug-likeness (QED) is 0.863. The van der Waals surface area contributed by atoms with Crippen LogP contribution >= 0.6 is 0 Å². The molecule has 0 radical (unpaired) electrons. The second kappa shape index (κ2) is 4.52. The summed E-state index contributed by atoms with van der Waals surface area (Å²) in [4.78, 5) is 14.2. The van der Waals surface area contributed by atoms with E-state index in [-0.39, 0.29) is 5.69 Å². The Morgan fingerprint density at radius 3 is 2.69 bits per heavy atom. The number of pyridine rings is 1. The van der Waals surface area contributed by atoms with Gasteiger partial charge in [-0.2, -0.15) is 8.78 Å². The number of nitrogens with zero attached hydrogens (tertiary/aromatic N) is 1. The number of hydrogen-bond acceptors (Lipinski definition) is 3. The highest BCUT2D eigenvalue weighted by Crippen LogP contribution is 2.27. The summed E-state index contributed by atoms with van der Waals surface area (Å²) in [5.74, 6) is -1.21. The Morgan fingerprint density at radius 2 is 2.19 bits per heavy atom. The third kappa shape index (κ3) is 2.96. The minimum atomic E-state index is -2.92. The number of carboxylic acid groups (broad SMARTS) is 1. The summed E-state index contributed by atoms with van der Waals surface area (Å²) in [5, 5.41) is 8.71. The van der Waals surface area contributed by atoms with Crippen molar-refractivity contribution in [3.05, 3.63) is 29.6 Å². The average Bonchev–Trinajstić information content (AvgIpc) is 2.16. The molecule has 0 aliphatic carbocycles. The van der Waals surface area contributed by atoms with E-state index in [0.717, 1.165) is 0 Å². The molecular formula is C10H11F2NO3. The van der Waals surface area contributed by atoms with Gasteiger partial charge in [0.2, 0.25) is 0 Å². The molecule has 1 rings (SSSR count). The molecular weight excluding hydrogens is 220 g/mol. The van der Waals surface area contributed by atoms with Gasteiger partial charge in [0.15, 0.2) is 0 Å². The summed E-state index contributed by atoms with van der Waals surface area (Å²) in [6.07, 6.45) is 1.25. The molecule has 0 aliphatic rings. The lowest BCUT2D eigenvalue weighted by Crippen LogP contribution is -2.25. The fourth-order valence-corrected chi connectivity index (χ4v) is 1.21. The maximum atomic E-state index is 12.1. The minimum Gasteiger partial charge on any atom is -0.477 e. The molecule has 4 nitrogen and oxygen atoms in total. The molecule has 1 N–H and O–H groups in total. The van der Waals surface area contributed by atoms with Crippen molar-refractivity contribution in [3.63, 3.8) is 0 Å². The number of aromatic carboxylic acids is 1. The van der Waals surface area contributed by atoms with E-state index in [4.69, 9.17) is 5.11 Å². The molecule has 0 aromatic carbocycles. The van der Waals surface area contributed by atoms with Gasteiger partial charge in [-0.15, -0.1) is 0 Å². The molecule has 6 heteroatoms. The Hall–Kier alpha value is -1.56. The number of alkyl halides is 2. The summed E-state index contributed by atoms with van der Waals surface area (Å²) < 4.78 is 28.6. The summed E-state index contributed by atoms with van der Waals surface area (Å²) in [5.41, 5.74) is -1.13. The van der Waals surface area contributed by atoms with Crippen molar-refractivity contribution in [1.29, 1.82) is 0 Å². The zero-order valence-corrected chi connectivity index (χ0v) is 8.78. The lowest BCUT2D eigenvalue weighted by Gasteiger charge is -2.25. The number of ether oxygens (including phenoxy) is 1. The van der Waals surface area contributed by atoms with Crippen molar-refractivity contribution in [2.45, 2.75) is 26.1 Å². The van der Waals surface area contributed by atoms with Crippen LogP contribution in [0.15, 0.2) is 18.3 Å². The van der Waals surface area contributed by atoms with Crippen LogP contribution < -0.4 is 0 Å². The van der Waals surface area contributed by atoms with Crippen LogP contribution in [0.4, 0.5) is 8.78 Å². The van der Waals surface area contributed by atoms with Crippen LogP contribution in [0.25, 0.3) is 0 Å². The van der Waals surface area contributed by atoms with Gasteiger partial charge in [0.05, 0.1) is 5.60 Å². The number of halogens is 2. The summed E-state index contributed by atoms with van der Waals surface area (Å²) in [6, 6.07) is 2.65. The SMILES string of the molecule is CC(C)(OC(F)F)c1ccnc(C(=O)O)c1. The van der Waals surface area contributed by atoms with Crippen LogP contribution in [0.1, 0.15) is 29.9 Å². The van der Waals surface area contributed by atoms with Crippen molar-refractivity contribution in [1.82, 2.24) is 4.98 Å². The average molecular weight is 231 g/mol. The van der Waals surface area contributed by atoms with Gasteiger partial charge in [0.25, 0.3) is 0 Å². The highest BCUT2D eigenvalue weighted by Gasteiger charge is 2.26. The molecule has 0 saturated heterocycles. The highest BCUT2D eigenvalue weighted by molar-refractivity contribution is 5.85. The molecule has 0 saturated carbocycles. The molecule has 1 aromatic rings. The molecule has 0 atom stereocenters. The largest absolute Gasteiger partial charge is 0.477 e. The lowest BCUT2D eigenvalue weighted by molar-refractivity contribution is -0.200. The summed E-state index contributed by atoms with van der Waals surface area (Å²) in [6.45, 7) is -0.0586.